The molecule has 0 heterocycles. The van der Waals surface area contributed by atoms with E-state index in [0.29, 0.717) is 0 Å². The zero-order chi connectivity index (χ0) is 5.91. The van der Waals surface area contributed by atoms with Crippen molar-refractivity contribution in [1.82, 2.24) is 0 Å². The molecule has 2 heteroatoms. The van der Waals surface area contributed by atoms with Crippen molar-refractivity contribution in [3.05, 3.63) is 0 Å². The normalized spacial score (nSPS) is 13.1. The summed E-state index contributed by atoms with van der Waals surface area (Å²) in [6, 6.07) is 0. The molecule has 0 bridgehead atoms. The summed E-state index contributed by atoms with van der Waals surface area (Å²) in [7, 11) is 1.34. The first-order valence-electron chi connectivity index (χ1n) is 2.18. The summed E-state index contributed by atoms with van der Waals surface area (Å²) in [4.78, 5) is 0. The van der Waals surface area contributed by atoms with Gasteiger partial charge in [0.25, 0.3) is 0 Å². The van der Waals surface area contributed by atoms with Crippen LogP contribution in [0.1, 0.15) is 13.8 Å². The fraction of sp³-hybridized carbons (Fsp3) is 0.800. The molecule has 0 aromatic carbocycles. The van der Waals surface area contributed by atoms with E-state index in [1.165, 1.54) is 8.20 Å². The first-order chi connectivity index (χ1) is 3.06. The fourth-order valence-electron chi connectivity index (χ4n) is 0.307. The topological polar surface area (TPSA) is 0 Å². The lowest BCUT2D eigenvalue weighted by Gasteiger charge is -2.06. The van der Waals surface area contributed by atoms with Gasteiger partial charge in [-0.15, -0.1) is 8.20 Å². The average Bonchev–Trinajstić information content (AvgIpc) is 1.30. The molecule has 0 aliphatic rings. The maximum Gasteiger partial charge on any atom is 0.0422 e. The summed E-state index contributed by atoms with van der Waals surface area (Å²) >= 11 is 3.48. The SMILES string of the molecule is CP=CC(C)(C)Br. The van der Waals surface area contributed by atoms with E-state index in [1.54, 1.807) is 0 Å². The van der Waals surface area contributed by atoms with Crippen LogP contribution in [0.25, 0.3) is 0 Å². The van der Waals surface area contributed by atoms with E-state index in [2.05, 4.69) is 42.2 Å². The molecule has 7 heavy (non-hydrogen) atoms. The maximum absolute atomic E-state index is 3.48. The number of halogens is 1. The molecular weight excluding hydrogens is 171 g/mol. The van der Waals surface area contributed by atoms with Crippen molar-refractivity contribution in [3.63, 3.8) is 0 Å². The molecule has 42 valence electrons. The van der Waals surface area contributed by atoms with Crippen LogP contribution < -0.4 is 0 Å². The van der Waals surface area contributed by atoms with Gasteiger partial charge in [0, 0.05) is 4.32 Å². The standard InChI is InChI=1S/C5H10BrP/c1-5(2,6)4-7-3/h4H,1-3H3. The Kier molecular flexibility index (Phi) is 3.10. The van der Waals surface area contributed by atoms with Gasteiger partial charge < -0.3 is 0 Å². The third-order valence-corrected chi connectivity index (χ3v) is 1.92. The molecule has 0 aliphatic carbocycles. The van der Waals surface area contributed by atoms with Crippen LogP contribution in [0.5, 0.6) is 0 Å². The van der Waals surface area contributed by atoms with Crippen LogP contribution in [-0.4, -0.2) is 16.8 Å². The van der Waals surface area contributed by atoms with E-state index in [-0.39, 0.29) is 4.32 Å². The van der Waals surface area contributed by atoms with E-state index in [0.717, 1.165) is 0 Å². The van der Waals surface area contributed by atoms with Crippen LogP contribution >= 0.6 is 24.1 Å². The molecule has 0 aliphatic heterocycles. The Balaban J connectivity index is 3.56. The lowest BCUT2D eigenvalue weighted by atomic mass is 10.3. The monoisotopic (exact) mass is 180 g/mol. The minimum atomic E-state index is 0.226. The summed E-state index contributed by atoms with van der Waals surface area (Å²) in [6.45, 7) is 6.37. The zero-order valence-corrected chi connectivity index (χ0v) is 7.38. The third kappa shape index (κ3) is 6.65. The van der Waals surface area contributed by atoms with Gasteiger partial charge in [0.1, 0.15) is 0 Å². The molecule has 0 aromatic rings. The second kappa shape index (κ2) is 2.84. The van der Waals surface area contributed by atoms with Gasteiger partial charge in [0.2, 0.25) is 0 Å². The van der Waals surface area contributed by atoms with Gasteiger partial charge in [-0.3, -0.25) is 0 Å². The lowest BCUT2D eigenvalue weighted by Crippen LogP contribution is -2.08. The number of alkyl halides is 1. The number of hydrogen-bond acceptors (Lipinski definition) is 0. The van der Waals surface area contributed by atoms with Crippen LogP contribution in [0.3, 0.4) is 0 Å². The third-order valence-electron chi connectivity index (χ3n) is 0.436. The molecule has 0 saturated carbocycles. The van der Waals surface area contributed by atoms with Crippen molar-refractivity contribution in [2.45, 2.75) is 18.2 Å². The second-order valence-corrected chi connectivity index (χ2v) is 4.77. The van der Waals surface area contributed by atoms with E-state index in [1.807, 2.05) is 0 Å². The molecule has 0 spiro atoms. The van der Waals surface area contributed by atoms with Crippen LogP contribution in [0.2, 0.25) is 0 Å². The maximum atomic E-state index is 3.48. The van der Waals surface area contributed by atoms with Gasteiger partial charge in [0.15, 0.2) is 0 Å². The Hall–Kier alpha value is 0.650. The Labute approximate surface area is 55.2 Å². The molecule has 0 aromatic heterocycles. The highest BCUT2D eigenvalue weighted by Crippen LogP contribution is 2.13. The summed E-state index contributed by atoms with van der Waals surface area (Å²) < 4.78 is 0.226. The second-order valence-electron chi connectivity index (χ2n) is 1.95. The van der Waals surface area contributed by atoms with E-state index < -0.39 is 0 Å². The van der Waals surface area contributed by atoms with Gasteiger partial charge in [0.05, 0.1) is 0 Å². The number of rotatable bonds is 1. The quantitative estimate of drug-likeness (QED) is 0.430. The van der Waals surface area contributed by atoms with Crippen molar-refractivity contribution in [1.29, 1.82) is 0 Å². The summed E-state index contributed by atoms with van der Waals surface area (Å²) in [5, 5.41) is 0. The average molecular weight is 181 g/mol. The molecule has 0 nitrogen and oxygen atoms in total. The zero-order valence-electron chi connectivity index (χ0n) is 4.90. The van der Waals surface area contributed by atoms with Gasteiger partial charge >= 0.3 is 0 Å². The predicted molar refractivity (Wildman–Crippen MR) is 41.9 cm³/mol. The molecule has 0 N–H and O–H groups in total. The molecule has 0 rings (SSSR count). The predicted octanol–water partition coefficient (Wildman–Crippen LogP) is 2.54. The van der Waals surface area contributed by atoms with Crippen molar-refractivity contribution in [2.75, 3.05) is 6.66 Å². The molecule has 0 radical (unpaired) electrons. The smallest absolute Gasteiger partial charge is 0.0422 e. The van der Waals surface area contributed by atoms with Crippen LogP contribution in [0.4, 0.5) is 0 Å². The minimum Gasteiger partial charge on any atom is -0.111 e. The molecule has 0 saturated heterocycles. The largest absolute Gasteiger partial charge is 0.111 e. The first kappa shape index (κ1) is 7.65. The van der Waals surface area contributed by atoms with Gasteiger partial charge in [-0.25, -0.2) is 0 Å². The Bertz CT molecular complexity index is 70.6. The van der Waals surface area contributed by atoms with Crippen molar-refractivity contribution < 1.29 is 0 Å². The highest BCUT2D eigenvalue weighted by atomic mass is 79.9. The number of hydrogen-bond donors (Lipinski definition) is 0. The Morgan fingerprint density at radius 2 is 2.00 bits per heavy atom. The van der Waals surface area contributed by atoms with Crippen molar-refractivity contribution >= 4 is 29.9 Å². The molecule has 0 amide bonds. The fourth-order valence-corrected chi connectivity index (χ4v) is 1.54. The van der Waals surface area contributed by atoms with Crippen LogP contribution in [-0.2, 0) is 0 Å². The first-order valence-corrected chi connectivity index (χ1v) is 4.39. The van der Waals surface area contributed by atoms with E-state index >= 15 is 0 Å². The van der Waals surface area contributed by atoms with Gasteiger partial charge in [-0.05, 0) is 26.3 Å². The molecular formula is C5H10BrP. The summed E-state index contributed by atoms with van der Waals surface area (Å²) in [5.74, 6) is 2.20. The Morgan fingerprint density at radius 1 is 1.57 bits per heavy atom. The minimum absolute atomic E-state index is 0.226. The van der Waals surface area contributed by atoms with Crippen molar-refractivity contribution in [3.8, 4) is 0 Å². The van der Waals surface area contributed by atoms with Gasteiger partial charge in [-0.1, -0.05) is 15.9 Å². The van der Waals surface area contributed by atoms with Crippen LogP contribution in [0, 0.1) is 0 Å². The Morgan fingerprint density at radius 3 is 2.00 bits per heavy atom. The van der Waals surface area contributed by atoms with Gasteiger partial charge in [-0.2, -0.15) is 0 Å². The highest BCUT2D eigenvalue weighted by molar-refractivity contribution is 9.10. The molecule has 0 fully saturated rings. The summed E-state index contributed by atoms with van der Waals surface area (Å²) in [6.07, 6.45) is 0. The lowest BCUT2D eigenvalue weighted by molar-refractivity contribution is 1.01. The van der Waals surface area contributed by atoms with E-state index in [4.69, 9.17) is 0 Å². The van der Waals surface area contributed by atoms with E-state index in [9.17, 15) is 0 Å². The summed E-state index contributed by atoms with van der Waals surface area (Å²) in [5.41, 5.74) is 0. The van der Waals surface area contributed by atoms with Crippen molar-refractivity contribution in [2.24, 2.45) is 0 Å². The molecule has 0 atom stereocenters. The molecule has 0 unspecified atom stereocenters. The van der Waals surface area contributed by atoms with Crippen LogP contribution in [0.15, 0.2) is 0 Å². The highest BCUT2D eigenvalue weighted by Gasteiger charge is 2.04.